The number of nitrogens with zero attached hydrogens (tertiary/aromatic N) is 3. The Morgan fingerprint density at radius 2 is 1.73 bits per heavy atom. The molecule has 0 aliphatic carbocycles. The van der Waals surface area contributed by atoms with Gasteiger partial charge in [0, 0.05) is 25.7 Å². The van der Waals surface area contributed by atoms with E-state index >= 15 is 0 Å². The number of allylic oxidation sites excluding steroid dienone is 1. The van der Waals surface area contributed by atoms with E-state index in [1.165, 1.54) is 29.9 Å². The summed E-state index contributed by atoms with van der Waals surface area (Å²) in [7, 11) is 1.30. The van der Waals surface area contributed by atoms with Crippen molar-refractivity contribution >= 4 is 35.0 Å². The van der Waals surface area contributed by atoms with E-state index < -0.39 is 18.0 Å². The van der Waals surface area contributed by atoms with Crippen LogP contribution in [-0.2, 0) is 14.3 Å². The third-order valence-electron chi connectivity index (χ3n) is 6.20. The predicted octanol–water partition coefficient (Wildman–Crippen LogP) is 3.18. The van der Waals surface area contributed by atoms with Crippen LogP contribution in [0.3, 0.4) is 0 Å². The van der Waals surface area contributed by atoms with Crippen LogP contribution < -0.4 is 24.5 Å². The molecule has 3 aromatic rings. The molecule has 0 bridgehead atoms. The van der Waals surface area contributed by atoms with Crippen LogP contribution in [0.4, 0.5) is 5.69 Å². The van der Waals surface area contributed by atoms with Crippen molar-refractivity contribution in [2.75, 3.05) is 25.1 Å². The van der Waals surface area contributed by atoms with Crippen molar-refractivity contribution in [3.8, 4) is 5.75 Å². The third-order valence-corrected chi connectivity index (χ3v) is 7.19. The molecule has 0 saturated heterocycles. The van der Waals surface area contributed by atoms with E-state index in [9.17, 15) is 14.4 Å². The van der Waals surface area contributed by atoms with Crippen LogP contribution in [0.25, 0.3) is 6.08 Å². The molecule has 192 valence electrons. The molecule has 1 aliphatic rings. The Kier molecular flexibility index (Phi) is 7.73. The standard InChI is InChI=1S/C28H29N3O5S/c1-6-30(7-2)21-12-8-19(9-13-21)16-23-26(33)31-25(20-10-14-22(15-11-20)36-18(4)32)24(27(34)35-5)17(3)29-28(31)37-23/h8-16,25H,6-7H2,1-5H3/b23-16-. The number of ether oxygens (including phenoxy) is 2. The second kappa shape index (κ2) is 11.0. The summed E-state index contributed by atoms with van der Waals surface area (Å²) in [5.41, 5.74) is 3.20. The van der Waals surface area contributed by atoms with Gasteiger partial charge >= 0.3 is 11.9 Å². The van der Waals surface area contributed by atoms with Crippen LogP contribution in [0.2, 0.25) is 0 Å². The molecule has 0 spiro atoms. The van der Waals surface area contributed by atoms with E-state index in [2.05, 4.69) is 23.7 Å². The summed E-state index contributed by atoms with van der Waals surface area (Å²) in [5, 5.41) is 0. The van der Waals surface area contributed by atoms with E-state index in [-0.39, 0.29) is 11.1 Å². The van der Waals surface area contributed by atoms with E-state index in [1.54, 1.807) is 31.2 Å². The summed E-state index contributed by atoms with van der Waals surface area (Å²) in [6, 6.07) is 14.1. The van der Waals surface area contributed by atoms with Crippen molar-refractivity contribution in [2.24, 2.45) is 4.99 Å². The lowest BCUT2D eigenvalue weighted by molar-refractivity contribution is -0.136. The maximum Gasteiger partial charge on any atom is 0.338 e. The minimum atomic E-state index is -0.734. The molecular weight excluding hydrogens is 490 g/mol. The maximum absolute atomic E-state index is 13.7. The zero-order chi connectivity index (χ0) is 26.7. The lowest BCUT2D eigenvalue weighted by atomic mass is 9.96. The zero-order valence-electron chi connectivity index (χ0n) is 21.5. The summed E-state index contributed by atoms with van der Waals surface area (Å²) in [5.74, 6) is -0.620. The van der Waals surface area contributed by atoms with Crippen LogP contribution in [0.5, 0.6) is 5.75 Å². The van der Waals surface area contributed by atoms with Gasteiger partial charge in [-0.05, 0) is 62.2 Å². The van der Waals surface area contributed by atoms with Crippen molar-refractivity contribution < 1.29 is 19.1 Å². The minimum Gasteiger partial charge on any atom is -0.466 e. The molecular formula is C28H29N3O5S. The Balaban J connectivity index is 1.83. The van der Waals surface area contributed by atoms with Gasteiger partial charge < -0.3 is 14.4 Å². The molecule has 1 aliphatic heterocycles. The van der Waals surface area contributed by atoms with Gasteiger partial charge in [0.25, 0.3) is 5.56 Å². The SMILES string of the molecule is CCN(CC)c1ccc(/C=c2\sc3n(c2=O)C(c2ccc(OC(C)=O)cc2)C(C(=O)OC)=C(C)N=3)cc1. The predicted molar refractivity (Wildman–Crippen MR) is 144 cm³/mol. The number of aromatic nitrogens is 1. The number of fused-ring (bicyclic) bond motifs is 1. The average molecular weight is 520 g/mol. The van der Waals surface area contributed by atoms with Crippen LogP contribution in [0, 0.1) is 0 Å². The normalized spacial score (nSPS) is 15.2. The summed E-state index contributed by atoms with van der Waals surface area (Å²) < 4.78 is 12.2. The van der Waals surface area contributed by atoms with E-state index in [0.717, 1.165) is 24.3 Å². The molecule has 2 aromatic carbocycles. The number of thiazole rings is 1. The van der Waals surface area contributed by atoms with Gasteiger partial charge in [0.1, 0.15) is 5.75 Å². The fraction of sp³-hybridized carbons (Fsp3) is 0.286. The second-order valence-corrected chi connectivity index (χ2v) is 9.51. The minimum absolute atomic E-state index is 0.250. The number of benzene rings is 2. The molecule has 0 N–H and O–H groups in total. The van der Waals surface area contributed by atoms with E-state index in [1.807, 2.05) is 30.3 Å². The first-order valence-electron chi connectivity index (χ1n) is 12.0. The number of rotatable bonds is 7. The van der Waals surface area contributed by atoms with Crippen LogP contribution >= 0.6 is 11.3 Å². The lowest BCUT2D eigenvalue weighted by Gasteiger charge is -2.24. The van der Waals surface area contributed by atoms with Crippen molar-refractivity contribution in [1.29, 1.82) is 0 Å². The summed E-state index contributed by atoms with van der Waals surface area (Å²) in [4.78, 5) is 45.1. The Bertz CT molecular complexity index is 1530. The highest BCUT2D eigenvalue weighted by molar-refractivity contribution is 7.07. The third kappa shape index (κ3) is 5.27. The van der Waals surface area contributed by atoms with Gasteiger partial charge in [-0.15, -0.1) is 0 Å². The molecule has 0 amide bonds. The smallest absolute Gasteiger partial charge is 0.338 e. The molecule has 0 saturated carbocycles. The van der Waals surface area contributed by atoms with Gasteiger partial charge in [0.05, 0.1) is 29.0 Å². The molecule has 4 rings (SSSR count). The van der Waals surface area contributed by atoms with E-state index in [0.29, 0.717) is 26.3 Å². The van der Waals surface area contributed by atoms with E-state index in [4.69, 9.17) is 9.47 Å². The number of hydrogen-bond acceptors (Lipinski definition) is 8. The Morgan fingerprint density at radius 1 is 1.08 bits per heavy atom. The fourth-order valence-corrected chi connectivity index (χ4v) is 5.46. The maximum atomic E-state index is 13.7. The van der Waals surface area contributed by atoms with Gasteiger partial charge in [-0.25, -0.2) is 9.79 Å². The zero-order valence-corrected chi connectivity index (χ0v) is 22.3. The van der Waals surface area contributed by atoms with Gasteiger partial charge in [-0.1, -0.05) is 35.6 Å². The summed E-state index contributed by atoms with van der Waals surface area (Å²) >= 11 is 1.27. The number of carbonyl (C=O) groups is 2. The molecule has 0 radical (unpaired) electrons. The van der Waals surface area contributed by atoms with Crippen molar-refractivity contribution in [3.63, 3.8) is 0 Å². The molecule has 37 heavy (non-hydrogen) atoms. The first-order valence-corrected chi connectivity index (χ1v) is 12.8. The van der Waals surface area contributed by atoms with Crippen LogP contribution in [0.15, 0.2) is 69.6 Å². The molecule has 1 unspecified atom stereocenters. The lowest BCUT2D eigenvalue weighted by Crippen LogP contribution is -2.39. The molecule has 9 heteroatoms. The largest absolute Gasteiger partial charge is 0.466 e. The quantitative estimate of drug-likeness (QED) is 0.352. The first kappa shape index (κ1) is 26.1. The Morgan fingerprint density at radius 3 is 2.30 bits per heavy atom. The van der Waals surface area contributed by atoms with Crippen LogP contribution in [-0.4, -0.2) is 36.7 Å². The Labute approximate surface area is 218 Å². The highest BCUT2D eigenvalue weighted by atomic mass is 32.1. The van der Waals surface area contributed by atoms with Crippen molar-refractivity contribution in [1.82, 2.24) is 4.57 Å². The molecule has 8 nitrogen and oxygen atoms in total. The number of methoxy groups -OCH3 is 1. The van der Waals surface area contributed by atoms with Crippen LogP contribution in [0.1, 0.15) is 44.9 Å². The Hall–Kier alpha value is -3.98. The molecule has 1 atom stereocenters. The molecule has 1 aromatic heterocycles. The number of esters is 2. The van der Waals surface area contributed by atoms with Gasteiger partial charge in [-0.2, -0.15) is 0 Å². The number of hydrogen-bond donors (Lipinski definition) is 0. The van der Waals surface area contributed by atoms with Gasteiger partial charge in [0.2, 0.25) is 0 Å². The number of anilines is 1. The second-order valence-electron chi connectivity index (χ2n) is 8.50. The number of carbonyl (C=O) groups excluding carboxylic acids is 2. The van der Waals surface area contributed by atoms with Gasteiger partial charge in [0.15, 0.2) is 4.80 Å². The van der Waals surface area contributed by atoms with Crippen molar-refractivity contribution in [2.45, 2.75) is 33.7 Å². The fourth-order valence-electron chi connectivity index (χ4n) is 4.41. The average Bonchev–Trinajstić information content (AvgIpc) is 3.18. The topological polar surface area (TPSA) is 90.2 Å². The monoisotopic (exact) mass is 519 g/mol. The van der Waals surface area contributed by atoms with Gasteiger partial charge in [-0.3, -0.25) is 14.2 Å². The summed E-state index contributed by atoms with van der Waals surface area (Å²) in [6.45, 7) is 9.11. The first-order chi connectivity index (χ1) is 17.8. The van der Waals surface area contributed by atoms with Crippen molar-refractivity contribution in [3.05, 3.63) is 90.6 Å². The molecule has 0 fully saturated rings. The molecule has 2 heterocycles. The summed E-state index contributed by atoms with van der Waals surface area (Å²) in [6.07, 6.45) is 1.84. The highest BCUT2D eigenvalue weighted by Gasteiger charge is 2.33. The highest BCUT2D eigenvalue weighted by Crippen LogP contribution is 2.31.